The van der Waals surface area contributed by atoms with E-state index < -0.39 is 7.04 Å². The predicted molar refractivity (Wildman–Crippen MR) is 57.9 cm³/mol. The van der Waals surface area contributed by atoms with E-state index in [0.29, 0.717) is 0 Å². The van der Waals surface area contributed by atoms with E-state index in [4.69, 9.17) is 8.85 Å². The average Bonchev–Trinajstić information content (AvgIpc) is 2.27. The quantitative estimate of drug-likeness (QED) is 0.817. The molecule has 0 aliphatic heterocycles. The molecule has 0 saturated carbocycles. The SMILES string of the molecule is [2H]C([2H])([2H])Oc1cc(-c2cccc(O)c2)ccn1. The number of ether oxygens (including phenoxy) is 1. The number of aromatic hydroxyl groups is 1. The lowest BCUT2D eigenvalue weighted by molar-refractivity contribution is 0.398. The van der Waals surface area contributed by atoms with Crippen LogP contribution < -0.4 is 4.74 Å². The lowest BCUT2D eigenvalue weighted by Gasteiger charge is -2.03. The third-order valence-electron chi connectivity index (χ3n) is 2.02. The Labute approximate surface area is 92.2 Å². The molecule has 0 saturated heterocycles. The van der Waals surface area contributed by atoms with Gasteiger partial charge in [0, 0.05) is 12.3 Å². The molecule has 1 aromatic carbocycles. The van der Waals surface area contributed by atoms with Crippen LogP contribution in [0.5, 0.6) is 11.6 Å². The van der Waals surface area contributed by atoms with Crippen LogP contribution in [0.15, 0.2) is 42.6 Å². The van der Waals surface area contributed by atoms with Crippen LogP contribution in [0.2, 0.25) is 0 Å². The number of aromatic nitrogens is 1. The molecule has 0 fully saturated rings. The Morgan fingerprint density at radius 2 is 2.13 bits per heavy atom. The summed E-state index contributed by atoms with van der Waals surface area (Å²) in [6, 6.07) is 9.87. The molecule has 0 bridgehead atoms. The van der Waals surface area contributed by atoms with E-state index in [2.05, 4.69) is 4.98 Å². The van der Waals surface area contributed by atoms with Gasteiger partial charge < -0.3 is 9.84 Å². The van der Waals surface area contributed by atoms with Crippen molar-refractivity contribution < 1.29 is 14.0 Å². The first-order valence-electron chi connectivity index (χ1n) is 5.88. The number of pyridine rings is 1. The van der Waals surface area contributed by atoms with Gasteiger partial charge in [-0.3, -0.25) is 0 Å². The Morgan fingerprint density at radius 3 is 2.93 bits per heavy atom. The number of rotatable bonds is 2. The highest BCUT2D eigenvalue weighted by Crippen LogP contribution is 2.24. The van der Waals surface area contributed by atoms with Crippen molar-refractivity contribution in [1.29, 1.82) is 0 Å². The summed E-state index contributed by atoms with van der Waals surface area (Å²) in [7, 11) is -2.52. The zero-order valence-electron chi connectivity index (χ0n) is 10.8. The highest BCUT2D eigenvalue weighted by Gasteiger charge is 2.00. The number of phenols is 1. The fourth-order valence-electron chi connectivity index (χ4n) is 1.33. The molecule has 1 aromatic heterocycles. The molecule has 0 unspecified atom stereocenters. The first-order valence-corrected chi connectivity index (χ1v) is 4.38. The number of methoxy groups -OCH3 is 1. The summed E-state index contributed by atoms with van der Waals surface area (Å²) in [4.78, 5) is 3.83. The molecule has 0 spiro atoms. The predicted octanol–water partition coefficient (Wildman–Crippen LogP) is 2.46. The summed E-state index contributed by atoms with van der Waals surface area (Å²) in [6.07, 6.45) is 1.46. The average molecular weight is 204 g/mol. The third kappa shape index (κ3) is 2.07. The molecule has 0 radical (unpaired) electrons. The van der Waals surface area contributed by atoms with Crippen LogP contribution in [0.1, 0.15) is 4.11 Å². The summed E-state index contributed by atoms with van der Waals surface area (Å²) in [5, 5.41) is 9.39. The van der Waals surface area contributed by atoms with Crippen LogP contribution in [0.3, 0.4) is 0 Å². The van der Waals surface area contributed by atoms with E-state index in [0.717, 1.165) is 11.1 Å². The van der Waals surface area contributed by atoms with Crippen molar-refractivity contribution in [2.75, 3.05) is 7.04 Å². The van der Waals surface area contributed by atoms with Gasteiger partial charge in [-0.25, -0.2) is 4.98 Å². The Hall–Kier alpha value is -2.03. The largest absolute Gasteiger partial charge is 0.508 e. The molecule has 3 heteroatoms. The van der Waals surface area contributed by atoms with Crippen LogP contribution in [-0.2, 0) is 0 Å². The van der Waals surface area contributed by atoms with Crippen molar-refractivity contribution in [2.24, 2.45) is 0 Å². The second-order valence-electron chi connectivity index (χ2n) is 3.04. The van der Waals surface area contributed by atoms with Crippen LogP contribution in [-0.4, -0.2) is 17.1 Å². The number of phenolic OH excluding ortho intramolecular Hbond substituents is 1. The molecule has 2 rings (SSSR count). The van der Waals surface area contributed by atoms with E-state index in [1.54, 1.807) is 30.3 Å². The summed E-state index contributed by atoms with van der Waals surface area (Å²) >= 11 is 0. The lowest BCUT2D eigenvalue weighted by atomic mass is 10.1. The summed E-state index contributed by atoms with van der Waals surface area (Å²) in [5.74, 6) is 0.165. The number of hydrogen-bond donors (Lipinski definition) is 1. The third-order valence-corrected chi connectivity index (χ3v) is 2.02. The minimum Gasteiger partial charge on any atom is -0.508 e. The van der Waals surface area contributed by atoms with Gasteiger partial charge in [-0.15, -0.1) is 0 Å². The first kappa shape index (κ1) is 6.45. The van der Waals surface area contributed by atoms with Crippen LogP contribution in [0, 0.1) is 0 Å². The van der Waals surface area contributed by atoms with Gasteiger partial charge >= 0.3 is 0 Å². The van der Waals surface area contributed by atoms with E-state index in [9.17, 15) is 5.11 Å². The Balaban J connectivity index is 2.33. The molecule has 2 aromatic rings. The standard InChI is InChI=1S/C12H11NO2/c1-15-12-8-10(5-6-13-12)9-3-2-4-11(14)7-9/h2-8,14H,1H3/i1D3. The Bertz CT molecular complexity index is 555. The summed E-state index contributed by atoms with van der Waals surface area (Å²) in [5.41, 5.74) is 1.48. The van der Waals surface area contributed by atoms with E-state index in [-0.39, 0.29) is 11.6 Å². The fourth-order valence-corrected chi connectivity index (χ4v) is 1.33. The molecule has 0 amide bonds. The van der Waals surface area contributed by atoms with Gasteiger partial charge in [0.25, 0.3) is 0 Å². The fraction of sp³-hybridized carbons (Fsp3) is 0.0833. The van der Waals surface area contributed by atoms with Crippen molar-refractivity contribution in [3.8, 4) is 22.8 Å². The molecule has 1 N–H and O–H groups in total. The van der Waals surface area contributed by atoms with Crippen LogP contribution >= 0.6 is 0 Å². The molecule has 0 aliphatic carbocycles. The van der Waals surface area contributed by atoms with Crippen molar-refractivity contribution in [3.05, 3.63) is 42.6 Å². The maximum Gasteiger partial charge on any atom is 0.213 e. The summed E-state index contributed by atoms with van der Waals surface area (Å²) < 4.78 is 25.7. The number of hydrogen-bond acceptors (Lipinski definition) is 3. The molecular weight excluding hydrogens is 190 g/mol. The maximum atomic E-state index is 9.39. The molecule has 1 heterocycles. The van der Waals surface area contributed by atoms with Gasteiger partial charge in [-0.05, 0) is 29.3 Å². The van der Waals surface area contributed by atoms with Gasteiger partial charge in [0.1, 0.15) is 5.75 Å². The number of nitrogens with zero attached hydrogens (tertiary/aromatic N) is 1. The van der Waals surface area contributed by atoms with Crippen molar-refractivity contribution in [2.45, 2.75) is 0 Å². The zero-order chi connectivity index (χ0) is 13.2. The zero-order valence-corrected chi connectivity index (χ0v) is 7.84. The minimum absolute atomic E-state index is 0.0239. The summed E-state index contributed by atoms with van der Waals surface area (Å²) in [6.45, 7) is 0. The van der Waals surface area contributed by atoms with E-state index in [1.807, 2.05) is 0 Å². The van der Waals surface area contributed by atoms with E-state index >= 15 is 0 Å². The monoisotopic (exact) mass is 204 g/mol. The molecule has 15 heavy (non-hydrogen) atoms. The van der Waals surface area contributed by atoms with Gasteiger partial charge in [0.05, 0.1) is 11.2 Å². The molecule has 0 aliphatic rings. The minimum atomic E-state index is -2.52. The van der Waals surface area contributed by atoms with E-state index in [1.165, 1.54) is 12.3 Å². The second-order valence-corrected chi connectivity index (χ2v) is 3.04. The first-order chi connectivity index (χ1) is 8.44. The van der Waals surface area contributed by atoms with Crippen molar-refractivity contribution in [3.63, 3.8) is 0 Å². The Morgan fingerprint density at radius 1 is 1.27 bits per heavy atom. The highest BCUT2D eigenvalue weighted by molar-refractivity contribution is 5.65. The van der Waals surface area contributed by atoms with Crippen molar-refractivity contribution >= 4 is 0 Å². The Kier molecular flexibility index (Phi) is 1.72. The van der Waals surface area contributed by atoms with Gasteiger partial charge in [-0.2, -0.15) is 0 Å². The van der Waals surface area contributed by atoms with Gasteiger partial charge in [0.2, 0.25) is 5.88 Å². The van der Waals surface area contributed by atoms with Crippen LogP contribution in [0.25, 0.3) is 11.1 Å². The molecule has 76 valence electrons. The highest BCUT2D eigenvalue weighted by atomic mass is 16.5. The maximum absolute atomic E-state index is 9.39. The second kappa shape index (κ2) is 4.00. The molecule has 0 atom stereocenters. The smallest absolute Gasteiger partial charge is 0.213 e. The normalized spacial score (nSPS) is 13.7. The lowest BCUT2D eigenvalue weighted by Crippen LogP contribution is -1.87. The van der Waals surface area contributed by atoms with Crippen LogP contribution in [0.4, 0.5) is 0 Å². The number of benzene rings is 1. The van der Waals surface area contributed by atoms with Gasteiger partial charge in [-0.1, -0.05) is 12.1 Å². The molecule has 3 nitrogen and oxygen atoms in total. The molecular formula is C12H11NO2. The topological polar surface area (TPSA) is 42.4 Å². The van der Waals surface area contributed by atoms with Gasteiger partial charge in [0.15, 0.2) is 0 Å². The van der Waals surface area contributed by atoms with Crippen molar-refractivity contribution in [1.82, 2.24) is 4.98 Å².